The van der Waals surface area contributed by atoms with E-state index in [1.807, 2.05) is 18.2 Å². The lowest BCUT2D eigenvalue weighted by Crippen LogP contribution is -2.34. The molecule has 0 radical (unpaired) electrons. The molecule has 24 heavy (non-hydrogen) atoms. The molecule has 130 valence electrons. The van der Waals surface area contributed by atoms with Crippen LogP contribution in [0.25, 0.3) is 0 Å². The Morgan fingerprint density at radius 1 is 1.42 bits per heavy atom. The minimum absolute atomic E-state index is 0.0699. The highest BCUT2D eigenvalue weighted by Gasteiger charge is 2.24. The van der Waals surface area contributed by atoms with E-state index in [0.29, 0.717) is 18.3 Å². The van der Waals surface area contributed by atoms with Gasteiger partial charge in [0.2, 0.25) is 11.8 Å². The van der Waals surface area contributed by atoms with Gasteiger partial charge in [-0.2, -0.15) is 0 Å². The van der Waals surface area contributed by atoms with Crippen molar-refractivity contribution in [3.8, 4) is 0 Å². The number of carbonyl (C=O) groups excluding carboxylic acids is 2. The zero-order chi connectivity index (χ0) is 17.1. The number of anilines is 2. The predicted octanol–water partition coefficient (Wildman–Crippen LogP) is 2.56. The summed E-state index contributed by atoms with van der Waals surface area (Å²) in [7, 11) is 0. The number of nitrogens with one attached hydrogen (secondary N) is 2. The number of nitrogens with zero attached hydrogens (tertiary/aromatic N) is 1. The standard InChI is InChI=1S/C19H27N3O2/c1-13(16-4-3-8-20-12-16)10-19(24)21-17-5-6-18-15(11-17)7-9-22(18)14(2)23/h5-6,11,13,16,20H,3-4,7-10,12H2,1-2H3,(H,21,24). The van der Waals surface area contributed by atoms with Gasteiger partial charge in [0, 0.05) is 31.3 Å². The summed E-state index contributed by atoms with van der Waals surface area (Å²) in [6, 6.07) is 5.83. The van der Waals surface area contributed by atoms with Gasteiger partial charge in [-0.1, -0.05) is 6.92 Å². The maximum atomic E-state index is 12.3. The van der Waals surface area contributed by atoms with Gasteiger partial charge in [0.25, 0.3) is 0 Å². The minimum Gasteiger partial charge on any atom is -0.326 e. The van der Waals surface area contributed by atoms with Gasteiger partial charge in [0.05, 0.1) is 0 Å². The van der Waals surface area contributed by atoms with Crippen LogP contribution < -0.4 is 15.5 Å². The minimum atomic E-state index is 0.0699. The zero-order valence-corrected chi connectivity index (χ0v) is 14.6. The Balaban J connectivity index is 1.58. The summed E-state index contributed by atoms with van der Waals surface area (Å²) in [5.74, 6) is 1.13. The average molecular weight is 329 g/mol. The topological polar surface area (TPSA) is 61.4 Å². The Bertz CT molecular complexity index is 623. The fourth-order valence-corrected chi connectivity index (χ4v) is 3.84. The van der Waals surface area contributed by atoms with Crippen LogP contribution in [0, 0.1) is 11.8 Å². The Kier molecular flexibility index (Phi) is 5.19. The second-order valence-electron chi connectivity index (χ2n) is 7.10. The fraction of sp³-hybridized carbons (Fsp3) is 0.579. The van der Waals surface area contributed by atoms with Gasteiger partial charge >= 0.3 is 0 Å². The first-order valence-corrected chi connectivity index (χ1v) is 8.96. The van der Waals surface area contributed by atoms with Crippen LogP contribution >= 0.6 is 0 Å². The van der Waals surface area contributed by atoms with Gasteiger partial charge in [-0.15, -0.1) is 0 Å². The monoisotopic (exact) mass is 329 g/mol. The molecule has 1 saturated heterocycles. The van der Waals surface area contributed by atoms with Gasteiger partial charge in [-0.3, -0.25) is 9.59 Å². The van der Waals surface area contributed by atoms with Gasteiger partial charge in [-0.05, 0) is 68.0 Å². The molecular formula is C19H27N3O2. The van der Waals surface area contributed by atoms with Crippen LogP contribution in [-0.4, -0.2) is 31.4 Å². The lowest BCUT2D eigenvalue weighted by Gasteiger charge is -2.28. The molecule has 0 aromatic heterocycles. The second-order valence-corrected chi connectivity index (χ2v) is 7.10. The van der Waals surface area contributed by atoms with E-state index in [4.69, 9.17) is 0 Å². The number of benzene rings is 1. The van der Waals surface area contributed by atoms with E-state index in [1.54, 1.807) is 11.8 Å². The highest BCUT2D eigenvalue weighted by Crippen LogP contribution is 2.31. The molecule has 2 aliphatic heterocycles. The summed E-state index contributed by atoms with van der Waals surface area (Å²) >= 11 is 0. The molecule has 5 heteroatoms. The number of hydrogen-bond acceptors (Lipinski definition) is 3. The SMILES string of the molecule is CC(=O)N1CCc2cc(NC(=O)CC(C)C3CCCNC3)ccc21. The largest absolute Gasteiger partial charge is 0.326 e. The summed E-state index contributed by atoms with van der Waals surface area (Å²) in [6.07, 6.45) is 3.82. The van der Waals surface area contributed by atoms with Gasteiger partial charge in [0.1, 0.15) is 0 Å². The molecule has 2 heterocycles. The molecule has 5 nitrogen and oxygen atoms in total. The van der Waals surface area contributed by atoms with Crippen LogP contribution in [0.3, 0.4) is 0 Å². The summed E-state index contributed by atoms with van der Waals surface area (Å²) in [4.78, 5) is 25.7. The zero-order valence-electron chi connectivity index (χ0n) is 14.6. The Morgan fingerprint density at radius 3 is 2.96 bits per heavy atom. The Hall–Kier alpha value is -1.88. The molecular weight excluding hydrogens is 302 g/mol. The van der Waals surface area contributed by atoms with E-state index in [2.05, 4.69) is 17.6 Å². The molecule has 1 aromatic rings. The van der Waals surface area contributed by atoms with Crippen molar-refractivity contribution in [2.45, 2.75) is 39.5 Å². The first-order valence-electron chi connectivity index (χ1n) is 8.96. The summed E-state index contributed by atoms with van der Waals surface area (Å²) in [6.45, 7) is 6.61. The lowest BCUT2D eigenvalue weighted by atomic mass is 9.85. The van der Waals surface area contributed by atoms with E-state index in [1.165, 1.54) is 12.8 Å². The van der Waals surface area contributed by atoms with Crippen molar-refractivity contribution in [2.75, 3.05) is 29.9 Å². The van der Waals surface area contributed by atoms with Crippen molar-refractivity contribution >= 4 is 23.2 Å². The number of piperidine rings is 1. The van der Waals surface area contributed by atoms with Crippen molar-refractivity contribution in [1.82, 2.24) is 5.32 Å². The van der Waals surface area contributed by atoms with Crippen LogP contribution in [0.4, 0.5) is 11.4 Å². The van der Waals surface area contributed by atoms with Crippen molar-refractivity contribution in [3.05, 3.63) is 23.8 Å². The van der Waals surface area contributed by atoms with Crippen LogP contribution in [0.1, 0.15) is 38.7 Å². The lowest BCUT2D eigenvalue weighted by molar-refractivity contribution is -0.117. The molecule has 2 atom stereocenters. The molecule has 0 spiro atoms. The maximum absolute atomic E-state index is 12.3. The summed E-state index contributed by atoms with van der Waals surface area (Å²) < 4.78 is 0. The molecule has 1 fully saturated rings. The van der Waals surface area contributed by atoms with Crippen molar-refractivity contribution in [3.63, 3.8) is 0 Å². The summed E-state index contributed by atoms with van der Waals surface area (Å²) in [5.41, 5.74) is 2.94. The third kappa shape index (κ3) is 3.78. The molecule has 2 unspecified atom stereocenters. The maximum Gasteiger partial charge on any atom is 0.224 e. The third-order valence-electron chi connectivity index (χ3n) is 5.29. The van der Waals surface area contributed by atoms with E-state index < -0.39 is 0 Å². The molecule has 2 N–H and O–H groups in total. The van der Waals surface area contributed by atoms with Crippen LogP contribution in [0.5, 0.6) is 0 Å². The molecule has 2 amide bonds. The summed E-state index contributed by atoms with van der Waals surface area (Å²) in [5, 5.41) is 6.44. The van der Waals surface area contributed by atoms with E-state index in [9.17, 15) is 9.59 Å². The molecule has 1 aromatic carbocycles. The first-order chi connectivity index (χ1) is 11.5. The smallest absolute Gasteiger partial charge is 0.224 e. The molecule has 3 rings (SSSR count). The second kappa shape index (κ2) is 7.34. The van der Waals surface area contributed by atoms with Crippen LogP contribution in [-0.2, 0) is 16.0 Å². The highest BCUT2D eigenvalue weighted by atomic mass is 16.2. The Labute approximate surface area is 143 Å². The highest BCUT2D eigenvalue weighted by molar-refractivity contribution is 5.95. The molecule has 0 aliphatic carbocycles. The predicted molar refractivity (Wildman–Crippen MR) is 96.2 cm³/mol. The van der Waals surface area contributed by atoms with Crippen LogP contribution in [0.15, 0.2) is 18.2 Å². The van der Waals surface area contributed by atoms with Crippen molar-refractivity contribution < 1.29 is 9.59 Å². The van der Waals surface area contributed by atoms with E-state index in [0.717, 1.165) is 43.0 Å². The number of hydrogen-bond donors (Lipinski definition) is 2. The Morgan fingerprint density at radius 2 is 2.25 bits per heavy atom. The fourth-order valence-electron chi connectivity index (χ4n) is 3.84. The number of amides is 2. The number of rotatable bonds is 4. The van der Waals surface area contributed by atoms with Crippen molar-refractivity contribution in [1.29, 1.82) is 0 Å². The van der Waals surface area contributed by atoms with Gasteiger partial charge in [0.15, 0.2) is 0 Å². The molecule has 0 saturated carbocycles. The number of fused-ring (bicyclic) bond motifs is 1. The molecule has 2 aliphatic rings. The molecule has 0 bridgehead atoms. The first kappa shape index (κ1) is 17.0. The van der Waals surface area contributed by atoms with Gasteiger partial charge < -0.3 is 15.5 Å². The normalized spacial score (nSPS) is 21.2. The van der Waals surface area contributed by atoms with E-state index in [-0.39, 0.29) is 11.8 Å². The third-order valence-corrected chi connectivity index (χ3v) is 5.29. The van der Waals surface area contributed by atoms with Crippen molar-refractivity contribution in [2.24, 2.45) is 11.8 Å². The number of carbonyl (C=O) groups is 2. The average Bonchev–Trinajstić information content (AvgIpc) is 2.99. The quantitative estimate of drug-likeness (QED) is 0.892. The van der Waals surface area contributed by atoms with E-state index >= 15 is 0 Å². The van der Waals surface area contributed by atoms with Gasteiger partial charge in [-0.25, -0.2) is 0 Å². The van der Waals surface area contributed by atoms with Crippen LogP contribution in [0.2, 0.25) is 0 Å².